The topological polar surface area (TPSA) is 135 Å². The third-order valence-corrected chi connectivity index (χ3v) is 5.87. The van der Waals surface area contributed by atoms with Crippen LogP contribution in [0.2, 0.25) is 0 Å². The molecule has 0 spiro atoms. The zero-order chi connectivity index (χ0) is 21.7. The van der Waals surface area contributed by atoms with Gasteiger partial charge in [0, 0.05) is 12.1 Å². The first-order valence-corrected chi connectivity index (χ1v) is 10.6. The molecule has 9 heteroatoms. The van der Waals surface area contributed by atoms with Crippen molar-refractivity contribution in [2.75, 3.05) is 20.3 Å². The van der Waals surface area contributed by atoms with Crippen LogP contribution in [0.15, 0.2) is 65.6 Å². The Morgan fingerprint density at radius 2 is 1.73 bits per heavy atom. The maximum atomic E-state index is 12.6. The molecule has 0 saturated carbocycles. The minimum Gasteiger partial charge on any atom is -0.497 e. The number of hydrogen-bond acceptors (Lipinski definition) is 6. The lowest BCUT2D eigenvalue weighted by Crippen LogP contribution is -2.35. The highest BCUT2D eigenvalue weighted by molar-refractivity contribution is 7.89. The highest BCUT2D eigenvalue weighted by Gasteiger charge is 2.17. The van der Waals surface area contributed by atoms with E-state index in [1.54, 1.807) is 55.6 Å². The van der Waals surface area contributed by atoms with Crippen molar-refractivity contribution in [3.05, 3.63) is 66.2 Å². The number of sulfonamides is 1. The average molecular weight is 429 g/mol. The number of nitrogens with two attached hydrogens (primary N) is 1. The minimum absolute atomic E-state index is 0.0527. The molecule has 0 aliphatic rings. The Morgan fingerprint density at radius 3 is 2.40 bits per heavy atom. The quantitative estimate of drug-likeness (QED) is 0.303. The molecule has 0 radical (unpaired) electrons. The second-order valence-corrected chi connectivity index (χ2v) is 8.40. The van der Waals surface area contributed by atoms with E-state index in [2.05, 4.69) is 4.72 Å². The predicted molar refractivity (Wildman–Crippen MR) is 115 cm³/mol. The number of nitrogens with one attached hydrogen (secondary N) is 2. The molecule has 158 valence electrons. The van der Waals surface area contributed by atoms with Crippen LogP contribution in [-0.2, 0) is 10.0 Å². The number of aliphatic hydroxyl groups is 1. The molecule has 3 aromatic carbocycles. The molecule has 8 nitrogen and oxygen atoms in total. The molecular weight excluding hydrogens is 406 g/mol. The smallest absolute Gasteiger partial charge is 0.240 e. The van der Waals surface area contributed by atoms with E-state index in [1.807, 2.05) is 6.07 Å². The minimum atomic E-state index is -3.81. The summed E-state index contributed by atoms with van der Waals surface area (Å²) < 4.78 is 38.2. The molecule has 1 atom stereocenters. The number of methoxy groups -OCH3 is 1. The van der Waals surface area contributed by atoms with Gasteiger partial charge in [0.2, 0.25) is 10.0 Å². The highest BCUT2D eigenvalue weighted by Crippen LogP contribution is 2.23. The Bertz CT molecular complexity index is 1150. The molecule has 0 saturated heterocycles. The van der Waals surface area contributed by atoms with Crippen LogP contribution in [0.25, 0.3) is 10.8 Å². The maximum absolute atomic E-state index is 12.6. The molecule has 0 bridgehead atoms. The van der Waals surface area contributed by atoms with E-state index in [4.69, 9.17) is 20.6 Å². The van der Waals surface area contributed by atoms with Crippen LogP contribution in [0, 0.1) is 5.41 Å². The third-order valence-electron chi connectivity index (χ3n) is 4.45. The van der Waals surface area contributed by atoms with E-state index in [9.17, 15) is 13.5 Å². The summed E-state index contributed by atoms with van der Waals surface area (Å²) in [5, 5.41) is 19.1. The van der Waals surface area contributed by atoms with Gasteiger partial charge in [-0.2, -0.15) is 0 Å². The first-order chi connectivity index (χ1) is 14.3. The van der Waals surface area contributed by atoms with Crippen LogP contribution >= 0.6 is 0 Å². The number of fused-ring (bicyclic) bond motifs is 1. The fourth-order valence-electron chi connectivity index (χ4n) is 2.77. The lowest BCUT2D eigenvalue weighted by atomic mass is 10.1. The number of hydrogen-bond donors (Lipinski definition) is 4. The Balaban J connectivity index is 1.59. The number of nitrogen functional groups attached to an aromatic ring is 1. The van der Waals surface area contributed by atoms with Gasteiger partial charge in [-0.3, -0.25) is 5.41 Å². The van der Waals surface area contributed by atoms with Gasteiger partial charge in [-0.1, -0.05) is 12.1 Å². The third kappa shape index (κ3) is 5.26. The van der Waals surface area contributed by atoms with Crippen molar-refractivity contribution in [2.45, 2.75) is 11.0 Å². The van der Waals surface area contributed by atoms with Gasteiger partial charge in [-0.05, 0) is 59.3 Å². The van der Waals surface area contributed by atoms with Gasteiger partial charge in [0.15, 0.2) is 0 Å². The van der Waals surface area contributed by atoms with Crippen molar-refractivity contribution in [3.63, 3.8) is 0 Å². The number of amidine groups is 1. The van der Waals surface area contributed by atoms with Crippen LogP contribution in [0.3, 0.4) is 0 Å². The molecule has 3 aromatic rings. The SMILES string of the molecule is COc1ccc2ccc(S(=O)(=O)NCC(O)COc3ccc(C(=N)N)cc3)cc2c1. The molecule has 0 fully saturated rings. The Labute approximate surface area is 174 Å². The van der Waals surface area contributed by atoms with E-state index < -0.39 is 16.1 Å². The van der Waals surface area contributed by atoms with Gasteiger partial charge in [0.1, 0.15) is 30.0 Å². The fourth-order valence-corrected chi connectivity index (χ4v) is 3.88. The zero-order valence-electron chi connectivity index (χ0n) is 16.3. The summed E-state index contributed by atoms with van der Waals surface area (Å²) in [4.78, 5) is 0.0937. The number of ether oxygens (including phenoxy) is 2. The predicted octanol–water partition coefficient (Wildman–Crippen LogP) is 1.85. The van der Waals surface area contributed by atoms with Gasteiger partial charge >= 0.3 is 0 Å². The fraction of sp³-hybridized carbons (Fsp3) is 0.190. The lowest BCUT2D eigenvalue weighted by Gasteiger charge is -2.14. The van der Waals surface area contributed by atoms with Crippen molar-refractivity contribution in [2.24, 2.45) is 5.73 Å². The van der Waals surface area contributed by atoms with Crippen molar-refractivity contribution >= 4 is 26.6 Å². The Morgan fingerprint density at radius 1 is 1.07 bits per heavy atom. The Hall–Kier alpha value is -3.14. The molecule has 1 unspecified atom stereocenters. The van der Waals surface area contributed by atoms with Crippen molar-refractivity contribution in [3.8, 4) is 11.5 Å². The van der Waals surface area contributed by atoms with E-state index >= 15 is 0 Å². The standard InChI is InChI=1S/C21H23N3O5S/c1-28-19-8-2-14-5-9-20(11-16(14)10-19)30(26,27)24-12-17(25)13-29-18-6-3-15(4-7-18)21(22)23/h2-11,17,24-25H,12-13H2,1H3,(H3,22,23). The highest BCUT2D eigenvalue weighted by atomic mass is 32.2. The lowest BCUT2D eigenvalue weighted by molar-refractivity contribution is 0.111. The van der Waals surface area contributed by atoms with Crippen LogP contribution in [0.5, 0.6) is 11.5 Å². The first-order valence-electron chi connectivity index (χ1n) is 9.11. The van der Waals surface area contributed by atoms with E-state index in [0.29, 0.717) is 17.1 Å². The monoisotopic (exact) mass is 429 g/mol. The van der Waals surface area contributed by atoms with E-state index in [0.717, 1.165) is 10.8 Å². The number of aliphatic hydroxyl groups excluding tert-OH is 1. The van der Waals surface area contributed by atoms with Gasteiger partial charge in [0.25, 0.3) is 0 Å². The number of benzene rings is 3. The maximum Gasteiger partial charge on any atom is 0.240 e. The normalized spacial score (nSPS) is 12.5. The van der Waals surface area contributed by atoms with Gasteiger partial charge < -0.3 is 20.3 Å². The summed E-state index contributed by atoms with van der Waals surface area (Å²) in [6.07, 6.45) is -1.05. The first kappa shape index (κ1) is 21.6. The molecule has 0 amide bonds. The van der Waals surface area contributed by atoms with E-state index in [-0.39, 0.29) is 23.9 Å². The zero-order valence-corrected chi connectivity index (χ0v) is 17.1. The second-order valence-electron chi connectivity index (χ2n) is 6.63. The van der Waals surface area contributed by atoms with Gasteiger partial charge in [-0.15, -0.1) is 0 Å². The molecule has 5 N–H and O–H groups in total. The van der Waals surface area contributed by atoms with Crippen molar-refractivity contribution < 1.29 is 23.0 Å². The molecule has 0 aliphatic carbocycles. The summed E-state index contributed by atoms with van der Waals surface area (Å²) in [6.45, 7) is -0.305. The van der Waals surface area contributed by atoms with Gasteiger partial charge in [-0.25, -0.2) is 13.1 Å². The average Bonchev–Trinajstić information content (AvgIpc) is 2.75. The second kappa shape index (κ2) is 9.12. The van der Waals surface area contributed by atoms with Crippen LogP contribution in [-0.4, -0.2) is 45.7 Å². The summed E-state index contributed by atoms with van der Waals surface area (Å²) in [6, 6.07) is 16.7. The van der Waals surface area contributed by atoms with Crippen LogP contribution < -0.4 is 19.9 Å². The molecule has 30 heavy (non-hydrogen) atoms. The number of rotatable bonds is 9. The molecule has 0 heterocycles. The Kier molecular flexibility index (Phi) is 6.56. The van der Waals surface area contributed by atoms with Crippen molar-refractivity contribution in [1.82, 2.24) is 4.72 Å². The molecule has 0 aliphatic heterocycles. The summed E-state index contributed by atoms with van der Waals surface area (Å²) in [7, 11) is -2.26. The largest absolute Gasteiger partial charge is 0.497 e. The summed E-state index contributed by atoms with van der Waals surface area (Å²) >= 11 is 0. The summed E-state index contributed by atoms with van der Waals surface area (Å²) in [5.41, 5.74) is 5.95. The molecule has 0 aromatic heterocycles. The van der Waals surface area contributed by atoms with Crippen molar-refractivity contribution in [1.29, 1.82) is 5.41 Å². The van der Waals surface area contributed by atoms with E-state index in [1.165, 1.54) is 6.07 Å². The molecular formula is C21H23N3O5S. The van der Waals surface area contributed by atoms with Crippen LogP contribution in [0.1, 0.15) is 5.56 Å². The van der Waals surface area contributed by atoms with Crippen LogP contribution in [0.4, 0.5) is 0 Å². The molecule has 3 rings (SSSR count). The summed E-state index contributed by atoms with van der Waals surface area (Å²) in [5.74, 6) is 1.06. The van der Waals surface area contributed by atoms with Gasteiger partial charge in [0.05, 0.1) is 12.0 Å².